The van der Waals surface area contributed by atoms with E-state index in [-0.39, 0.29) is 10.6 Å². The Kier molecular flexibility index (Phi) is 4.77. The Balaban J connectivity index is 1.86. The van der Waals surface area contributed by atoms with Crippen LogP contribution in [0.5, 0.6) is 5.75 Å². The smallest absolute Gasteiger partial charge is 0.285 e. The number of methoxy groups -OCH3 is 1. The van der Waals surface area contributed by atoms with E-state index in [4.69, 9.17) is 4.74 Å². The lowest BCUT2D eigenvalue weighted by atomic mass is 10.2. The van der Waals surface area contributed by atoms with Crippen molar-refractivity contribution >= 4 is 15.9 Å². The normalized spacial score (nSPS) is 11.2. The van der Waals surface area contributed by atoms with Crippen LogP contribution in [0, 0.1) is 6.92 Å². The molecule has 0 fully saturated rings. The summed E-state index contributed by atoms with van der Waals surface area (Å²) in [6.07, 6.45) is 1.57. The van der Waals surface area contributed by atoms with E-state index < -0.39 is 15.9 Å². The van der Waals surface area contributed by atoms with Crippen molar-refractivity contribution in [2.75, 3.05) is 7.11 Å². The lowest BCUT2D eigenvalue weighted by Crippen LogP contribution is -2.30. The molecule has 134 valence electrons. The monoisotopic (exact) mass is 371 g/mol. The Labute approximate surface area is 151 Å². The van der Waals surface area contributed by atoms with Gasteiger partial charge in [0.25, 0.3) is 15.9 Å². The first-order valence-electron chi connectivity index (χ1n) is 7.73. The fraction of sp³-hybridized carbons (Fsp3) is 0.111. The van der Waals surface area contributed by atoms with Gasteiger partial charge in [-0.1, -0.05) is 24.3 Å². The number of sulfonamides is 1. The minimum Gasteiger partial charge on any atom is -0.494 e. The zero-order valence-corrected chi connectivity index (χ0v) is 15.0. The molecule has 2 aromatic carbocycles. The van der Waals surface area contributed by atoms with Crippen LogP contribution in [-0.4, -0.2) is 31.2 Å². The minimum atomic E-state index is -3.96. The molecule has 3 aromatic rings. The summed E-state index contributed by atoms with van der Waals surface area (Å²) in [6, 6.07) is 14.7. The number of benzene rings is 2. The molecule has 1 aromatic heterocycles. The van der Waals surface area contributed by atoms with Crippen molar-refractivity contribution in [1.82, 2.24) is 14.5 Å². The van der Waals surface area contributed by atoms with Gasteiger partial charge >= 0.3 is 0 Å². The number of aromatic nitrogens is 2. The van der Waals surface area contributed by atoms with Crippen LogP contribution in [0.3, 0.4) is 0 Å². The van der Waals surface area contributed by atoms with Crippen molar-refractivity contribution in [3.05, 3.63) is 72.1 Å². The van der Waals surface area contributed by atoms with Gasteiger partial charge in [-0.25, -0.2) is 17.8 Å². The van der Waals surface area contributed by atoms with Gasteiger partial charge in [-0.05, 0) is 42.8 Å². The van der Waals surface area contributed by atoms with Crippen molar-refractivity contribution < 1.29 is 17.9 Å². The number of rotatable bonds is 5. The summed E-state index contributed by atoms with van der Waals surface area (Å²) in [5.41, 5.74) is 1.62. The molecule has 0 saturated heterocycles. The van der Waals surface area contributed by atoms with Crippen LogP contribution in [0.1, 0.15) is 16.1 Å². The summed E-state index contributed by atoms with van der Waals surface area (Å²) in [5.74, 6) is -0.221. The fourth-order valence-corrected chi connectivity index (χ4v) is 3.37. The molecule has 1 amide bonds. The first kappa shape index (κ1) is 17.7. The molecule has 8 heteroatoms. The predicted molar refractivity (Wildman–Crippen MR) is 95.9 cm³/mol. The van der Waals surface area contributed by atoms with E-state index >= 15 is 0 Å². The number of aryl methyl sites for hydroxylation is 1. The van der Waals surface area contributed by atoms with Gasteiger partial charge in [0.05, 0.1) is 12.0 Å². The summed E-state index contributed by atoms with van der Waals surface area (Å²) in [4.78, 5) is 12.3. The van der Waals surface area contributed by atoms with E-state index in [1.54, 1.807) is 30.5 Å². The Morgan fingerprint density at radius 3 is 2.54 bits per heavy atom. The van der Waals surface area contributed by atoms with Crippen LogP contribution < -0.4 is 9.46 Å². The van der Waals surface area contributed by atoms with E-state index in [2.05, 4.69) is 5.10 Å². The predicted octanol–water partition coefficient (Wildman–Crippen LogP) is 2.31. The molecule has 0 unspecified atom stereocenters. The summed E-state index contributed by atoms with van der Waals surface area (Å²) >= 11 is 0. The second-order valence-electron chi connectivity index (χ2n) is 5.57. The zero-order valence-electron chi connectivity index (χ0n) is 14.2. The van der Waals surface area contributed by atoms with Crippen LogP contribution in [0.15, 0.2) is 65.7 Å². The first-order chi connectivity index (χ1) is 12.4. The van der Waals surface area contributed by atoms with Crippen molar-refractivity contribution in [2.45, 2.75) is 11.8 Å². The maximum Gasteiger partial charge on any atom is 0.285 e. The molecule has 0 radical (unpaired) electrons. The lowest BCUT2D eigenvalue weighted by molar-refractivity contribution is 0.0976. The van der Waals surface area contributed by atoms with Gasteiger partial charge in [-0.3, -0.25) is 4.79 Å². The second kappa shape index (κ2) is 7.01. The molecule has 0 aliphatic heterocycles. The number of nitrogens with one attached hydrogen (secondary N) is 1. The third-order valence-electron chi connectivity index (χ3n) is 3.68. The Bertz CT molecular complexity index is 1040. The van der Waals surface area contributed by atoms with E-state index in [0.29, 0.717) is 11.4 Å². The molecule has 0 aliphatic carbocycles. The zero-order chi connectivity index (χ0) is 18.7. The minimum absolute atomic E-state index is 0.00753. The van der Waals surface area contributed by atoms with Gasteiger partial charge in [0.2, 0.25) is 0 Å². The maximum absolute atomic E-state index is 12.3. The SMILES string of the molecule is COc1ccc(C)cc1-n1ccc(C(=O)NS(=O)(=O)c2ccccc2)n1. The number of nitrogens with zero attached hydrogens (tertiary/aromatic N) is 2. The average molecular weight is 371 g/mol. The highest BCUT2D eigenvalue weighted by Gasteiger charge is 2.20. The van der Waals surface area contributed by atoms with E-state index in [9.17, 15) is 13.2 Å². The van der Waals surface area contributed by atoms with Gasteiger partial charge < -0.3 is 4.74 Å². The van der Waals surface area contributed by atoms with Crippen molar-refractivity contribution in [3.63, 3.8) is 0 Å². The van der Waals surface area contributed by atoms with Gasteiger partial charge in [0, 0.05) is 6.20 Å². The van der Waals surface area contributed by atoms with Gasteiger partial charge in [-0.15, -0.1) is 0 Å². The lowest BCUT2D eigenvalue weighted by Gasteiger charge is -2.09. The van der Waals surface area contributed by atoms with Gasteiger partial charge in [-0.2, -0.15) is 5.10 Å². The number of hydrogen-bond donors (Lipinski definition) is 1. The molecule has 26 heavy (non-hydrogen) atoms. The quantitative estimate of drug-likeness (QED) is 0.743. The second-order valence-corrected chi connectivity index (χ2v) is 7.25. The number of amides is 1. The molecule has 7 nitrogen and oxygen atoms in total. The van der Waals surface area contributed by atoms with Crippen molar-refractivity contribution in [1.29, 1.82) is 0 Å². The Hall–Kier alpha value is -3.13. The molecule has 1 heterocycles. The van der Waals surface area contributed by atoms with Crippen LogP contribution in [0.2, 0.25) is 0 Å². The highest BCUT2D eigenvalue weighted by molar-refractivity contribution is 7.90. The molecule has 0 spiro atoms. The topological polar surface area (TPSA) is 90.3 Å². The van der Waals surface area contributed by atoms with Crippen LogP contribution in [0.25, 0.3) is 5.69 Å². The molecule has 0 saturated carbocycles. The molecule has 3 rings (SSSR count). The third kappa shape index (κ3) is 3.60. The highest BCUT2D eigenvalue weighted by atomic mass is 32.2. The largest absolute Gasteiger partial charge is 0.494 e. The van der Waals surface area contributed by atoms with Crippen molar-refractivity contribution in [3.8, 4) is 11.4 Å². The van der Waals surface area contributed by atoms with Gasteiger partial charge in [0.1, 0.15) is 11.4 Å². The molecular weight excluding hydrogens is 354 g/mol. The van der Waals surface area contributed by atoms with Crippen LogP contribution in [0.4, 0.5) is 0 Å². The number of hydrogen-bond acceptors (Lipinski definition) is 5. The maximum atomic E-state index is 12.3. The summed E-state index contributed by atoms with van der Waals surface area (Å²) in [6.45, 7) is 1.92. The summed E-state index contributed by atoms with van der Waals surface area (Å²) in [5, 5.41) is 4.17. The number of carbonyl (C=O) groups is 1. The molecule has 1 N–H and O–H groups in total. The Morgan fingerprint density at radius 2 is 1.85 bits per heavy atom. The van der Waals surface area contributed by atoms with E-state index in [0.717, 1.165) is 5.56 Å². The summed E-state index contributed by atoms with van der Waals surface area (Å²) < 4.78 is 33.3. The highest BCUT2D eigenvalue weighted by Crippen LogP contribution is 2.23. The molecule has 0 aliphatic rings. The number of carbonyl (C=O) groups excluding carboxylic acids is 1. The van der Waals surface area contributed by atoms with Crippen LogP contribution in [-0.2, 0) is 10.0 Å². The molecule has 0 atom stereocenters. The Morgan fingerprint density at radius 1 is 1.12 bits per heavy atom. The van der Waals surface area contributed by atoms with E-state index in [1.807, 2.05) is 23.8 Å². The van der Waals surface area contributed by atoms with E-state index in [1.165, 1.54) is 30.0 Å². The fourth-order valence-electron chi connectivity index (χ4n) is 2.39. The average Bonchev–Trinajstić information content (AvgIpc) is 3.12. The third-order valence-corrected chi connectivity index (χ3v) is 5.03. The first-order valence-corrected chi connectivity index (χ1v) is 9.22. The number of ether oxygens (including phenoxy) is 1. The van der Waals surface area contributed by atoms with Crippen LogP contribution >= 0.6 is 0 Å². The standard InChI is InChI=1S/C18H17N3O4S/c1-13-8-9-17(25-2)16(12-13)21-11-10-15(19-21)18(22)20-26(23,24)14-6-4-3-5-7-14/h3-12H,1-2H3,(H,20,22). The van der Waals surface area contributed by atoms with Crippen molar-refractivity contribution in [2.24, 2.45) is 0 Å². The molecular formula is C18H17N3O4S. The molecule has 0 bridgehead atoms. The summed E-state index contributed by atoms with van der Waals surface area (Å²) in [7, 11) is -2.42. The van der Waals surface area contributed by atoms with Gasteiger partial charge in [0.15, 0.2) is 5.69 Å².